The van der Waals surface area contributed by atoms with Crippen LogP contribution in [-0.2, 0) is 32.1 Å². The van der Waals surface area contributed by atoms with Crippen molar-refractivity contribution in [3.05, 3.63) is 0 Å². The third-order valence-electron chi connectivity index (χ3n) is 2.07. The molecule has 0 heterocycles. The molecule has 15 nitrogen and oxygen atoms in total. The number of hydrogen-bond acceptors (Lipinski definition) is 9. The fourth-order valence-corrected chi connectivity index (χ4v) is 2.67. The Bertz CT molecular complexity index is 556. The maximum Gasteiger partial charge on any atom is 0.470 e. The summed E-state index contributed by atoms with van der Waals surface area (Å²) in [4.78, 5) is 63.5. The predicted molar refractivity (Wildman–Crippen MR) is 69.9 cm³/mol. The molecule has 0 aromatic carbocycles. The highest BCUT2D eigenvalue weighted by molar-refractivity contribution is 7.47. The van der Waals surface area contributed by atoms with Gasteiger partial charge in [-0.05, 0) is 0 Å². The molecule has 0 amide bonds. The van der Waals surface area contributed by atoms with Crippen molar-refractivity contribution in [1.82, 2.24) is 0 Å². The van der Waals surface area contributed by atoms with Crippen LogP contribution in [0.2, 0.25) is 0 Å². The highest BCUT2D eigenvalue weighted by Gasteiger charge is 2.43. The van der Waals surface area contributed by atoms with Crippen LogP contribution in [0, 0.1) is 0 Å². The van der Waals surface area contributed by atoms with E-state index in [4.69, 9.17) is 34.5 Å². The fourth-order valence-electron chi connectivity index (χ4n) is 1.27. The van der Waals surface area contributed by atoms with Crippen LogP contribution in [0.15, 0.2) is 0 Å². The summed E-state index contributed by atoms with van der Waals surface area (Å²) >= 11 is 0. The molecule has 144 valence electrons. The molecule has 0 saturated heterocycles. The average Bonchev–Trinajstić information content (AvgIpc) is 2.36. The van der Waals surface area contributed by atoms with Gasteiger partial charge in [-0.3, -0.25) is 18.4 Å². The first-order valence-electron chi connectivity index (χ1n) is 5.55. The van der Waals surface area contributed by atoms with Gasteiger partial charge in [0.15, 0.2) is 11.9 Å². The average molecular weight is 420 g/mol. The van der Waals surface area contributed by atoms with E-state index < -0.39 is 60.8 Å². The normalized spacial score (nSPS) is 17.3. The lowest BCUT2D eigenvalue weighted by Crippen LogP contribution is -2.47. The van der Waals surface area contributed by atoms with Crippen LogP contribution in [0.5, 0.6) is 0 Å². The monoisotopic (exact) mass is 420 g/mol. The van der Waals surface area contributed by atoms with Crippen LogP contribution in [0.4, 0.5) is 0 Å². The van der Waals surface area contributed by atoms with Crippen molar-refractivity contribution in [1.29, 1.82) is 0 Å². The van der Waals surface area contributed by atoms with Crippen molar-refractivity contribution in [2.24, 2.45) is 0 Å². The Morgan fingerprint density at radius 1 is 0.875 bits per heavy atom. The Morgan fingerprint density at radius 3 is 1.67 bits per heavy atom. The molecule has 0 radical (unpaired) electrons. The van der Waals surface area contributed by atoms with Gasteiger partial charge in [0.05, 0.1) is 6.61 Å². The van der Waals surface area contributed by atoms with Crippen LogP contribution in [-0.4, -0.2) is 76.9 Å². The number of hydrogen-bond donors (Lipinski definition) is 8. The second-order valence-corrected chi connectivity index (χ2v) is 7.68. The summed E-state index contributed by atoms with van der Waals surface area (Å²) in [6.07, 6.45) is -7.42. The second-order valence-electron chi connectivity index (χ2n) is 4.06. The van der Waals surface area contributed by atoms with Crippen molar-refractivity contribution in [2.75, 3.05) is 13.2 Å². The summed E-state index contributed by atoms with van der Waals surface area (Å²) in [5, 5.41) is 18.2. The van der Waals surface area contributed by atoms with Crippen LogP contribution < -0.4 is 0 Å². The Labute approximate surface area is 133 Å². The highest BCUT2D eigenvalue weighted by atomic mass is 31.2. The van der Waals surface area contributed by atoms with Crippen LogP contribution in [0.25, 0.3) is 0 Å². The molecule has 0 rings (SSSR count). The molecule has 0 aromatic heterocycles. The zero-order chi connectivity index (χ0) is 19.3. The van der Waals surface area contributed by atoms with Gasteiger partial charge in [-0.15, -0.1) is 0 Å². The van der Waals surface area contributed by atoms with E-state index >= 15 is 0 Å². The number of aliphatic hydroxyl groups is 2. The third kappa shape index (κ3) is 10.7. The number of Topliss-reactive ketones (excluding diaryl/α,β-unsaturated/α-hetero) is 1. The van der Waals surface area contributed by atoms with Gasteiger partial charge in [0, 0.05) is 0 Å². The number of ketones is 1. The first-order valence-corrected chi connectivity index (χ1v) is 10.1. The molecule has 0 aliphatic carbocycles. The fraction of sp³-hybridized carbons (Fsp3) is 0.833. The topological polar surface area (TPSA) is 258 Å². The molecule has 8 N–H and O–H groups in total. The lowest BCUT2D eigenvalue weighted by atomic mass is 10.1. The van der Waals surface area contributed by atoms with Gasteiger partial charge < -0.3 is 39.6 Å². The molecule has 24 heavy (non-hydrogen) atoms. The Hall–Kier alpha value is -0.0800. The molecule has 3 atom stereocenters. The van der Waals surface area contributed by atoms with Gasteiger partial charge in [0.2, 0.25) is 0 Å². The molecule has 0 aliphatic rings. The van der Waals surface area contributed by atoms with Crippen LogP contribution in [0.3, 0.4) is 0 Å². The Balaban J connectivity index is 5.60. The van der Waals surface area contributed by atoms with Crippen molar-refractivity contribution in [3.63, 3.8) is 0 Å². The van der Waals surface area contributed by atoms with Crippen molar-refractivity contribution in [3.8, 4) is 0 Å². The summed E-state index contributed by atoms with van der Waals surface area (Å²) in [6, 6.07) is 0. The number of aliphatic hydroxyl groups excluding tert-OH is 2. The number of rotatable bonds is 11. The summed E-state index contributed by atoms with van der Waals surface area (Å²) < 4.78 is 43.9. The van der Waals surface area contributed by atoms with Crippen LogP contribution >= 0.6 is 23.5 Å². The number of phosphoric acid groups is 3. The molecular weight excluding hydrogens is 405 g/mol. The minimum atomic E-state index is -5.51. The summed E-state index contributed by atoms with van der Waals surface area (Å²) in [6.45, 7) is -2.80. The van der Waals surface area contributed by atoms with Gasteiger partial charge in [0.25, 0.3) is 0 Å². The van der Waals surface area contributed by atoms with Gasteiger partial charge in [-0.25, -0.2) is 13.7 Å². The zero-order valence-electron chi connectivity index (χ0n) is 11.4. The quantitative estimate of drug-likeness (QED) is 0.155. The predicted octanol–water partition coefficient (Wildman–Crippen LogP) is -3.03. The van der Waals surface area contributed by atoms with Gasteiger partial charge >= 0.3 is 23.5 Å². The van der Waals surface area contributed by atoms with E-state index in [1.54, 1.807) is 0 Å². The maximum absolute atomic E-state index is 11.8. The van der Waals surface area contributed by atoms with E-state index in [0.29, 0.717) is 0 Å². The maximum atomic E-state index is 11.8. The molecule has 0 spiro atoms. The van der Waals surface area contributed by atoms with Crippen molar-refractivity contribution in [2.45, 2.75) is 18.3 Å². The van der Waals surface area contributed by atoms with E-state index in [2.05, 4.69) is 13.6 Å². The molecule has 0 bridgehead atoms. The number of carbonyl (C=O) groups excluding carboxylic acids is 1. The van der Waals surface area contributed by atoms with Crippen molar-refractivity contribution < 1.29 is 71.6 Å². The van der Waals surface area contributed by atoms with E-state index in [-0.39, 0.29) is 0 Å². The standard InChI is InChI=1S/C6H15O15P3/c7-1-3(8)5(20-23(13,14)15)6(21-24(16,17)18)4(9)2-19-22(10,11)12/h3,5-8H,1-2H2,(H2,10,11,12)(H2,13,14,15)(H2,16,17,18)/t3-,5+,6-/m1/s1. The largest absolute Gasteiger partial charge is 0.470 e. The molecule has 0 unspecified atom stereocenters. The van der Waals surface area contributed by atoms with E-state index in [9.17, 15) is 23.6 Å². The van der Waals surface area contributed by atoms with Gasteiger partial charge in [-0.1, -0.05) is 0 Å². The van der Waals surface area contributed by atoms with Gasteiger partial charge in [-0.2, -0.15) is 0 Å². The molecular formula is C6H15O15P3. The lowest BCUT2D eigenvalue weighted by Gasteiger charge is -2.29. The molecule has 0 aromatic rings. The Kier molecular flexibility index (Phi) is 9.00. The molecule has 18 heteroatoms. The molecule has 0 aliphatic heterocycles. The first kappa shape index (κ1) is 23.9. The lowest BCUT2D eigenvalue weighted by molar-refractivity contribution is -0.140. The van der Waals surface area contributed by atoms with Gasteiger partial charge in [0.1, 0.15) is 18.8 Å². The first-order chi connectivity index (χ1) is 10.6. The van der Waals surface area contributed by atoms with E-state index in [0.717, 1.165) is 0 Å². The second kappa shape index (κ2) is 9.03. The summed E-state index contributed by atoms with van der Waals surface area (Å²) in [5.74, 6) is -1.66. The zero-order valence-corrected chi connectivity index (χ0v) is 14.1. The van der Waals surface area contributed by atoms with Crippen LogP contribution in [0.1, 0.15) is 0 Å². The Morgan fingerprint density at radius 2 is 1.33 bits per heavy atom. The molecule has 0 saturated carbocycles. The van der Waals surface area contributed by atoms with Crippen molar-refractivity contribution >= 4 is 29.3 Å². The van der Waals surface area contributed by atoms with E-state index in [1.165, 1.54) is 0 Å². The minimum Gasteiger partial charge on any atom is -0.394 e. The number of carbonyl (C=O) groups is 1. The summed E-state index contributed by atoms with van der Waals surface area (Å²) in [7, 11) is -16.1. The molecule has 0 fully saturated rings. The SMILES string of the molecule is O=C(COP(=O)(O)O)[C@@H](OP(=O)(O)O)[C@@H](OP(=O)(O)O)[C@H](O)CO. The number of phosphoric ester groups is 3. The summed E-state index contributed by atoms with van der Waals surface area (Å²) in [5.41, 5.74) is 0. The van der Waals surface area contributed by atoms with E-state index in [1.807, 2.05) is 0 Å². The minimum absolute atomic E-state index is 1.28. The highest BCUT2D eigenvalue weighted by Crippen LogP contribution is 2.44. The smallest absolute Gasteiger partial charge is 0.394 e. The third-order valence-corrected chi connectivity index (χ3v) is 3.55.